The molecule has 0 bridgehead atoms. The zero-order valence-electron chi connectivity index (χ0n) is 10.9. The summed E-state index contributed by atoms with van der Waals surface area (Å²) >= 11 is 5.72. The molecule has 3 rings (SSSR count). The van der Waals surface area contributed by atoms with Gasteiger partial charge < -0.3 is 0 Å². The lowest BCUT2D eigenvalue weighted by molar-refractivity contribution is 0.256. The van der Waals surface area contributed by atoms with Crippen molar-refractivity contribution in [1.82, 2.24) is 9.97 Å². The van der Waals surface area contributed by atoms with Crippen molar-refractivity contribution in [2.45, 2.75) is 19.9 Å². The Hall–Kier alpha value is -2.14. The molecule has 2 amide bonds. The lowest BCUT2D eigenvalue weighted by Crippen LogP contribution is -2.39. The van der Waals surface area contributed by atoms with Gasteiger partial charge in [-0.3, -0.25) is 10.2 Å². The van der Waals surface area contributed by atoms with E-state index in [-0.39, 0.29) is 11.3 Å². The van der Waals surface area contributed by atoms with Gasteiger partial charge in [0, 0.05) is 17.4 Å². The molecule has 1 aromatic heterocycles. The zero-order valence-corrected chi connectivity index (χ0v) is 11.7. The van der Waals surface area contributed by atoms with Gasteiger partial charge in [0.1, 0.15) is 5.82 Å². The molecular formula is C14H13ClN4O. The van der Waals surface area contributed by atoms with Crippen LogP contribution in [0.2, 0.25) is 5.28 Å². The van der Waals surface area contributed by atoms with Gasteiger partial charge in [-0.2, -0.15) is 4.98 Å². The predicted octanol–water partition coefficient (Wildman–Crippen LogP) is 3.24. The smallest absolute Gasteiger partial charge is 0.291 e. The molecule has 20 heavy (non-hydrogen) atoms. The van der Waals surface area contributed by atoms with Gasteiger partial charge in [0.25, 0.3) is 0 Å². The Bertz CT molecular complexity index is 657. The fourth-order valence-electron chi connectivity index (χ4n) is 2.14. The molecule has 0 unspecified atom stereocenters. The maximum absolute atomic E-state index is 12.1. The number of anilines is 2. The molecule has 2 heterocycles. The number of aromatic nitrogens is 2. The minimum atomic E-state index is -0.212. The molecule has 1 aromatic carbocycles. The molecule has 0 saturated heterocycles. The Kier molecular flexibility index (Phi) is 3.28. The van der Waals surface area contributed by atoms with Gasteiger partial charge in [0.05, 0.1) is 6.54 Å². The highest BCUT2D eigenvalue weighted by molar-refractivity contribution is 6.28. The molecule has 0 fully saturated rings. The van der Waals surface area contributed by atoms with Crippen LogP contribution in [0.1, 0.15) is 18.1 Å². The molecule has 5 nitrogen and oxygen atoms in total. The maximum atomic E-state index is 12.1. The van der Waals surface area contributed by atoms with E-state index in [4.69, 9.17) is 11.6 Å². The molecule has 1 aliphatic heterocycles. The average Bonchev–Trinajstić information content (AvgIpc) is 2.46. The largest absolute Gasteiger partial charge is 0.327 e. The van der Waals surface area contributed by atoms with Crippen LogP contribution in [0.5, 0.6) is 0 Å². The normalized spacial score (nSPS) is 13.9. The van der Waals surface area contributed by atoms with Gasteiger partial charge in [-0.15, -0.1) is 0 Å². The minimum Gasteiger partial charge on any atom is -0.291 e. The number of hydrogen-bond donors (Lipinski definition) is 1. The standard InChI is InChI=1S/C14H13ClN4O/c1-2-9-3-5-11(6-4-9)19-8-10-7-16-13(15)17-12(10)18-14(19)20/h3-7H,2,8H2,1H3,(H,16,17,18,20). The van der Waals surface area contributed by atoms with E-state index in [0.29, 0.717) is 12.4 Å². The summed E-state index contributed by atoms with van der Waals surface area (Å²) in [6.45, 7) is 2.53. The first-order chi connectivity index (χ1) is 9.67. The van der Waals surface area contributed by atoms with E-state index in [1.54, 1.807) is 11.1 Å². The number of amides is 2. The number of carbonyl (C=O) groups excluding carboxylic acids is 1. The average molecular weight is 289 g/mol. The van der Waals surface area contributed by atoms with Crippen molar-refractivity contribution >= 4 is 29.1 Å². The molecule has 102 valence electrons. The third-order valence-electron chi connectivity index (χ3n) is 3.29. The fourth-order valence-corrected chi connectivity index (χ4v) is 2.27. The van der Waals surface area contributed by atoms with Crippen LogP contribution in [-0.4, -0.2) is 16.0 Å². The number of aryl methyl sites for hydroxylation is 1. The van der Waals surface area contributed by atoms with Crippen LogP contribution >= 0.6 is 11.6 Å². The summed E-state index contributed by atoms with van der Waals surface area (Å²) in [6, 6.07) is 7.73. The Morgan fingerprint density at radius 3 is 2.80 bits per heavy atom. The number of fused-ring (bicyclic) bond motifs is 1. The van der Waals surface area contributed by atoms with E-state index in [1.807, 2.05) is 24.3 Å². The molecule has 0 atom stereocenters. The van der Waals surface area contributed by atoms with Crippen LogP contribution < -0.4 is 10.2 Å². The summed E-state index contributed by atoms with van der Waals surface area (Å²) in [6.07, 6.45) is 2.61. The third-order valence-corrected chi connectivity index (χ3v) is 3.47. The highest BCUT2D eigenvalue weighted by atomic mass is 35.5. The van der Waals surface area contributed by atoms with Crippen molar-refractivity contribution < 1.29 is 4.79 Å². The monoisotopic (exact) mass is 288 g/mol. The number of halogens is 1. The van der Waals surface area contributed by atoms with Gasteiger partial charge >= 0.3 is 6.03 Å². The predicted molar refractivity (Wildman–Crippen MR) is 78.1 cm³/mol. The van der Waals surface area contributed by atoms with E-state index in [9.17, 15) is 4.79 Å². The Balaban J connectivity index is 1.91. The first-order valence-corrected chi connectivity index (χ1v) is 6.74. The van der Waals surface area contributed by atoms with Gasteiger partial charge in [-0.25, -0.2) is 9.78 Å². The first-order valence-electron chi connectivity index (χ1n) is 6.36. The fraction of sp³-hybridized carbons (Fsp3) is 0.214. The summed E-state index contributed by atoms with van der Waals surface area (Å²) in [7, 11) is 0. The van der Waals surface area contributed by atoms with Crippen molar-refractivity contribution in [2.24, 2.45) is 0 Å². The Morgan fingerprint density at radius 1 is 1.35 bits per heavy atom. The summed E-state index contributed by atoms with van der Waals surface area (Å²) < 4.78 is 0. The van der Waals surface area contributed by atoms with Crippen LogP contribution in [0.3, 0.4) is 0 Å². The van der Waals surface area contributed by atoms with E-state index in [0.717, 1.165) is 17.7 Å². The van der Waals surface area contributed by atoms with Crippen LogP contribution in [0, 0.1) is 0 Å². The van der Waals surface area contributed by atoms with E-state index in [1.165, 1.54) is 5.56 Å². The van der Waals surface area contributed by atoms with Crippen molar-refractivity contribution in [3.05, 3.63) is 46.9 Å². The third kappa shape index (κ3) is 2.32. The second-order valence-corrected chi connectivity index (χ2v) is 4.89. The molecule has 0 saturated carbocycles. The van der Waals surface area contributed by atoms with Crippen molar-refractivity contribution in [3.8, 4) is 0 Å². The number of nitrogens with one attached hydrogen (secondary N) is 1. The summed E-state index contributed by atoms with van der Waals surface area (Å²) in [5.41, 5.74) is 2.93. The SMILES string of the molecule is CCc1ccc(N2Cc3cnc(Cl)nc3NC2=O)cc1. The minimum absolute atomic E-state index is 0.129. The second-order valence-electron chi connectivity index (χ2n) is 4.55. The quantitative estimate of drug-likeness (QED) is 0.863. The molecule has 1 N–H and O–H groups in total. The number of urea groups is 1. The lowest BCUT2D eigenvalue weighted by atomic mass is 10.1. The topological polar surface area (TPSA) is 58.1 Å². The van der Waals surface area contributed by atoms with Crippen LogP contribution in [0.15, 0.2) is 30.5 Å². The summed E-state index contributed by atoms with van der Waals surface area (Å²) in [4.78, 5) is 21.8. The van der Waals surface area contributed by atoms with Crippen molar-refractivity contribution in [3.63, 3.8) is 0 Å². The number of hydrogen-bond acceptors (Lipinski definition) is 3. The zero-order chi connectivity index (χ0) is 14.1. The molecule has 2 aromatic rings. The van der Waals surface area contributed by atoms with Gasteiger partial charge in [-0.1, -0.05) is 19.1 Å². The van der Waals surface area contributed by atoms with Crippen LogP contribution in [-0.2, 0) is 13.0 Å². The lowest BCUT2D eigenvalue weighted by Gasteiger charge is -2.28. The summed E-state index contributed by atoms with van der Waals surface area (Å²) in [5.74, 6) is 0.483. The molecule has 0 radical (unpaired) electrons. The Morgan fingerprint density at radius 2 is 2.10 bits per heavy atom. The molecule has 0 aliphatic carbocycles. The molecular weight excluding hydrogens is 276 g/mol. The van der Waals surface area contributed by atoms with Crippen LogP contribution in [0.25, 0.3) is 0 Å². The van der Waals surface area contributed by atoms with Gasteiger partial charge in [0.15, 0.2) is 0 Å². The Labute approximate surface area is 121 Å². The van der Waals surface area contributed by atoms with Gasteiger partial charge in [0.2, 0.25) is 5.28 Å². The van der Waals surface area contributed by atoms with Crippen LogP contribution in [0.4, 0.5) is 16.3 Å². The van der Waals surface area contributed by atoms with E-state index < -0.39 is 0 Å². The number of rotatable bonds is 2. The van der Waals surface area contributed by atoms with E-state index in [2.05, 4.69) is 22.2 Å². The maximum Gasteiger partial charge on any atom is 0.327 e. The highest BCUT2D eigenvalue weighted by Gasteiger charge is 2.25. The molecule has 0 spiro atoms. The highest BCUT2D eigenvalue weighted by Crippen LogP contribution is 2.26. The number of benzene rings is 1. The number of nitrogens with zero attached hydrogens (tertiary/aromatic N) is 3. The molecule has 1 aliphatic rings. The van der Waals surface area contributed by atoms with E-state index >= 15 is 0 Å². The summed E-state index contributed by atoms with van der Waals surface area (Å²) in [5, 5.41) is 2.86. The van der Waals surface area contributed by atoms with Crippen molar-refractivity contribution in [1.29, 1.82) is 0 Å². The van der Waals surface area contributed by atoms with Crippen molar-refractivity contribution in [2.75, 3.05) is 10.2 Å². The number of carbonyl (C=O) groups is 1. The molecule has 6 heteroatoms. The first kappa shape index (κ1) is 12.9. The van der Waals surface area contributed by atoms with Gasteiger partial charge in [-0.05, 0) is 35.7 Å². The second kappa shape index (κ2) is 5.09.